The summed E-state index contributed by atoms with van der Waals surface area (Å²) in [6, 6.07) is 12.9. The summed E-state index contributed by atoms with van der Waals surface area (Å²) in [5.41, 5.74) is 7.30. The van der Waals surface area contributed by atoms with E-state index < -0.39 is 0 Å². The zero-order valence-electron chi connectivity index (χ0n) is 10.4. The normalized spacial score (nSPS) is 11.6. The van der Waals surface area contributed by atoms with Crippen molar-refractivity contribution in [1.29, 1.82) is 0 Å². The second kappa shape index (κ2) is 6.88. The summed E-state index contributed by atoms with van der Waals surface area (Å²) in [6.07, 6.45) is 0. The Morgan fingerprint density at radius 2 is 1.95 bits per heavy atom. The molecule has 0 unspecified atom stereocenters. The van der Waals surface area contributed by atoms with Crippen molar-refractivity contribution < 1.29 is 5.21 Å². The van der Waals surface area contributed by atoms with Crippen LogP contribution in [0.5, 0.6) is 0 Å². The van der Waals surface area contributed by atoms with Crippen molar-refractivity contribution in [1.82, 2.24) is 0 Å². The van der Waals surface area contributed by atoms with Crippen LogP contribution in [0, 0.1) is 0 Å². The van der Waals surface area contributed by atoms with E-state index in [1.54, 1.807) is 23.9 Å². The van der Waals surface area contributed by atoms with Crippen LogP contribution in [0.25, 0.3) is 0 Å². The van der Waals surface area contributed by atoms with Crippen LogP contribution < -0.4 is 5.73 Å². The van der Waals surface area contributed by atoms with E-state index in [1.807, 2.05) is 30.3 Å². The summed E-state index contributed by atoms with van der Waals surface area (Å²) < 4.78 is 0. The van der Waals surface area contributed by atoms with Gasteiger partial charge in [0, 0.05) is 26.3 Å². The lowest BCUT2D eigenvalue weighted by molar-refractivity contribution is 0.318. The minimum Gasteiger partial charge on any atom is -0.409 e. The molecule has 2 rings (SSSR count). The third-order valence-corrected chi connectivity index (χ3v) is 4.39. The van der Waals surface area contributed by atoms with Crippen molar-refractivity contribution in [3.8, 4) is 0 Å². The van der Waals surface area contributed by atoms with Gasteiger partial charge >= 0.3 is 0 Å². The SMILES string of the molecule is N/C(=N/O)c1cc(Cl)ccc1SCc1ccccc1Cl. The molecule has 0 amide bonds. The molecule has 0 saturated carbocycles. The van der Waals surface area contributed by atoms with Crippen molar-refractivity contribution in [2.24, 2.45) is 10.9 Å². The Bertz CT molecular complexity index is 647. The number of nitrogens with two attached hydrogens (primary N) is 1. The Labute approximate surface area is 131 Å². The first-order valence-electron chi connectivity index (χ1n) is 5.75. The third kappa shape index (κ3) is 3.60. The monoisotopic (exact) mass is 326 g/mol. The zero-order valence-corrected chi connectivity index (χ0v) is 12.7. The fraction of sp³-hybridized carbons (Fsp3) is 0.0714. The minimum absolute atomic E-state index is 0.0363. The van der Waals surface area contributed by atoms with E-state index in [4.69, 9.17) is 34.1 Å². The van der Waals surface area contributed by atoms with Gasteiger partial charge in [-0.05, 0) is 29.8 Å². The maximum absolute atomic E-state index is 8.82. The van der Waals surface area contributed by atoms with Crippen LogP contribution in [0.1, 0.15) is 11.1 Å². The van der Waals surface area contributed by atoms with Gasteiger partial charge < -0.3 is 10.9 Å². The Balaban J connectivity index is 2.24. The molecule has 3 N–H and O–H groups in total. The van der Waals surface area contributed by atoms with E-state index in [9.17, 15) is 0 Å². The maximum atomic E-state index is 8.82. The van der Waals surface area contributed by atoms with Crippen LogP contribution in [0.3, 0.4) is 0 Å². The van der Waals surface area contributed by atoms with Crippen molar-refractivity contribution in [2.45, 2.75) is 10.6 Å². The summed E-state index contributed by atoms with van der Waals surface area (Å²) in [5, 5.41) is 13.1. The number of amidine groups is 1. The van der Waals surface area contributed by atoms with Gasteiger partial charge in [-0.2, -0.15) is 0 Å². The largest absolute Gasteiger partial charge is 0.409 e. The van der Waals surface area contributed by atoms with E-state index in [-0.39, 0.29) is 5.84 Å². The second-order valence-electron chi connectivity index (χ2n) is 4.01. The average molecular weight is 327 g/mol. The summed E-state index contributed by atoms with van der Waals surface area (Å²) in [5.74, 6) is 0.724. The molecular weight excluding hydrogens is 315 g/mol. The van der Waals surface area contributed by atoms with E-state index in [1.165, 1.54) is 0 Å². The number of benzene rings is 2. The Hall–Kier alpha value is -1.36. The third-order valence-electron chi connectivity index (χ3n) is 2.67. The lowest BCUT2D eigenvalue weighted by Crippen LogP contribution is -2.14. The smallest absolute Gasteiger partial charge is 0.171 e. The highest BCUT2D eigenvalue weighted by atomic mass is 35.5. The summed E-state index contributed by atoms with van der Waals surface area (Å²) >= 11 is 13.6. The molecule has 20 heavy (non-hydrogen) atoms. The number of halogens is 2. The highest BCUT2D eigenvalue weighted by molar-refractivity contribution is 7.98. The summed E-state index contributed by atoms with van der Waals surface area (Å²) in [4.78, 5) is 0.879. The van der Waals surface area contributed by atoms with Crippen LogP contribution in [0.4, 0.5) is 0 Å². The van der Waals surface area contributed by atoms with Crippen LogP contribution in [-0.4, -0.2) is 11.0 Å². The van der Waals surface area contributed by atoms with Gasteiger partial charge in [0.25, 0.3) is 0 Å². The number of oxime groups is 1. The van der Waals surface area contributed by atoms with Crippen molar-refractivity contribution in [2.75, 3.05) is 0 Å². The van der Waals surface area contributed by atoms with E-state index in [0.29, 0.717) is 16.3 Å². The van der Waals surface area contributed by atoms with Crippen molar-refractivity contribution in [3.05, 3.63) is 63.6 Å². The second-order valence-corrected chi connectivity index (χ2v) is 5.87. The van der Waals surface area contributed by atoms with Gasteiger partial charge in [-0.3, -0.25) is 0 Å². The molecule has 6 heteroatoms. The Kier molecular flexibility index (Phi) is 5.17. The lowest BCUT2D eigenvalue weighted by atomic mass is 10.2. The molecule has 0 fully saturated rings. The van der Waals surface area contributed by atoms with Gasteiger partial charge in [-0.25, -0.2) is 0 Å². The van der Waals surface area contributed by atoms with Crippen LogP contribution in [0.15, 0.2) is 52.5 Å². The predicted molar refractivity (Wildman–Crippen MR) is 85.0 cm³/mol. The summed E-state index contributed by atoms with van der Waals surface area (Å²) in [6.45, 7) is 0. The molecule has 0 saturated heterocycles. The number of hydrogen-bond donors (Lipinski definition) is 2. The number of hydrogen-bond acceptors (Lipinski definition) is 3. The number of nitrogens with zero attached hydrogens (tertiary/aromatic N) is 1. The molecule has 2 aromatic carbocycles. The molecule has 0 atom stereocenters. The molecule has 3 nitrogen and oxygen atoms in total. The van der Waals surface area contributed by atoms with Crippen molar-refractivity contribution in [3.63, 3.8) is 0 Å². The molecule has 0 bridgehead atoms. The van der Waals surface area contributed by atoms with Crippen LogP contribution in [-0.2, 0) is 5.75 Å². The molecule has 0 aromatic heterocycles. The topological polar surface area (TPSA) is 58.6 Å². The molecule has 0 aliphatic rings. The molecule has 104 valence electrons. The zero-order chi connectivity index (χ0) is 14.5. The predicted octanol–water partition coefficient (Wildman–Crippen LogP) is 4.38. The minimum atomic E-state index is 0.0363. The van der Waals surface area contributed by atoms with Crippen LogP contribution >= 0.6 is 35.0 Å². The van der Waals surface area contributed by atoms with Gasteiger partial charge in [0.15, 0.2) is 5.84 Å². The van der Waals surface area contributed by atoms with Gasteiger partial charge in [0.2, 0.25) is 0 Å². The van der Waals surface area contributed by atoms with Crippen molar-refractivity contribution >= 4 is 40.8 Å². The maximum Gasteiger partial charge on any atom is 0.171 e. The quantitative estimate of drug-likeness (QED) is 0.288. The van der Waals surface area contributed by atoms with Gasteiger partial charge in [0.1, 0.15) is 0 Å². The fourth-order valence-electron chi connectivity index (χ4n) is 1.65. The van der Waals surface area contributed by atoms with E-state index in [2.05, 4.69) is 5.16 Å². The lowest BCUT2D eigenvalue weighted by Gasteiger charge is -2.09. The van der Waals surface area contributed by atoms with Gasteiger partial charge in [0.05, 0.1) is 0 Å². The highest BCUT2D eigenvalue weighted by Gasteiger charge is 2.09. The molecule has 0 aliphatic carbocycles. The van der Waals surface area contributed by atoms with Gasteiger partial charge in [-0.15, -0.1) is 11.8 Å². The number of thioether (sulfide) groups is 1. The number of rotatable bonds is 4. The fourth-order valence-corrected chi connectivity index (χ4v) is 3.15. The average Bonchev–Trinajstić information content (AvgIpc) is 2.46. The Morgan fingerprint density at radius 3 is 2.65 bits per heavy atom. The highest BCUT2D eigenvalue weighted by Crippen LogP contribution is 2.30. The Morgan fingerprint density at radius 1 is 1.20 bits per heavy atom. The molecule has 2 aromatic rings. The first-order valence-corrected chi connectivity index (χ1v) is 7.49. The summed E-state index contributed by atoms with van der Waals surface area (Å²) in [7, 11) is 0. The molecule has 0 heterocycles. The van der Waals surface area contributed by atoms with E-state index in [0.717, 1.165) is 15.5 Å². The first-order chi connectivity index (χ1) is 9.61. The first kappa shape index (κ1) is 15.0. The molecule has 0 aliphatic heterocycles. The molecular formula is C14H12Cl2N2OS. The molecule has 0 spiro atoms. The van der Waals surface area contributed by atoms with Crippen LogP contribution in [0.2, 0.25) is 10.0 Å². The molecule has 0 radical (unpaired) electrons. The van der Waals surface area contributed by atoms with Gasteiger partial charge in [-0.1, -0.05) is 46.6 Å². The van der Waals surface area contributed by atoms with E-state index >= 15 is 0 Å². The standard InChI is InChI=1S/C14H12Cl2N2OS/c15-10-5-6-13(11(7-10)14(17)18-19)20-8-9-3-1-2-4-12(9)16/h1-7,19H,8H2,(H2,17,18).